The molecular weight excluding hydrogens is 303 g/mol. The number of halogens is 3. The van der Waals surface area contributed by atoms with E-state index in [-0.39, 0.29) is 5.38 Å². The Hall–Kier alpha value is -0.890. The molecule has 0 aliphatic heterocycles. The fraction of sp³-hybridized carbons (Fsp3) is 0.200. The maximum absolute atomic E-state index is 6.57. The molecule has 0 bridgehead atoms. The average Bonchev–Trinajstić information content (AvgIpc) is 2.40. The van der Waals surface area contributed by atoms with E-state index in [4.69, 9.17) is 39.5 Å². The molecule has 0 aliphatic rings. The minimum atomic E-state index is -0.354. The van der Waals surface area contributed by atoms with Gasteiger partial charge in [0, 0.05) is 15.6 Å². The van der Waals surface area contributed by atoms with Crippen LogP contribution in [0.5, 0.6) is 5.75 Å². The van der Waals surface area contributed by atoms with Crippen LogP contribution in [0, 0.1) is 6.92 Å². The molecule has 4 heteroatoms. The second-order valence-corrected chi connectivity index (χ2v) is 5.56. The summed E-state index contributed by atoms with van der Waals surface area (Å²) in [5.74, 6) is 0.712. The molecule has 0 spiro atoms. The van der Waals surface area contributed by atoms with Gasteiger partial charge in [-0.25, -0.2) is 0 Å². The van der Waals surface area contributed by atoms with E-state index in [1.54, 1.807) is 13.2 Å². The second kappa shape index (κ2) is 6.04. The smallest absolute Gasteiger partial charge is 0.123 e. The first-order chi connectivity index (χ1) is 9.02. The van der Waals surface area contributed by atoms with Crippen molar-refractivity contribution in [3.8, 4) is 5.75 Å². The summed E-state index contributed by atoms with van der Waals surface area (Å²) in [6.07, 6.45) is 0. The summed E-state index contributed by atoms with van der Waals surface area (Å²) in [5, 5.41) is 0.931. The number of methoxy groups -OCH3 is 1. The topological polar surface area (TPSA) is 9.23 Å². The van der Waals surface area contributed by atoms with Crippen molar-refractivity contribution in [3.63, 3.8) is 0 Å². The Bertz CT molecular complexity index is 596. The molecular formula is C15H13Cl3O. The average molecular weight is 316 g/mol. The molecule has 0 aliphatic carbocycles. The Labute approximate surface area is 128 Å². The predicted molar refractivity (Wildman–Crippen MR) is 81.9 cm³/mol. The van der Waals surface area contributed by atoms with E-state index in [0.29, 0.717) is 15.8 Å². The van der Waals surface area contributed by atoms with Gasteiger partial charge in [0.1, 0.15) is 5.75 Å². The first-order valence-corrected chi connectivity index (χ1v) is 6.95. The van der Waals surface area contributed by atoms with Gasteiger partial charge in [-0.3, -0.25) is 0 Å². The van der Waals surface area contributed by atoms with Gasteiger partial charge >= 0.3 is 0 Å². The number of aryl methyl sites for hydroxylation is 1. The fourth-order valence-electron chi connectivity index (χ4n) is 1.96. The summed E-state index contributed by atoms with van der Waals surface area (Å²) in [4.78, 5) is 0. The molecule has 100 valence electrons. The van der Waals surface area contributed by atoms with Crippen LogP contribution in [-0.4, -0.2) is 7.11 Å². The van der Waals surface area contributed by atoms with Gasteiger partial charge in [0.25, 0.3) is 0 Å². The number of benzene rings is 2. The van der Waals surface area contributed by atoms with E-state index in [1.165, 1.54) is 0 Å². The van der Waals surface area contributed by atoms with Crippen molar-refractivity contribution < 1.29 is 4.74 Å². The number of alkyl halides is 1. The van der Waals surface area contributed by atoms with Crippen LogP contribution in [0.25, 0.3) is 0 Å². The summed E-state index contributed by atoms with van der Waals surface area (Å²) in [7, 11) is 1.61. The van der Waals surface area contributed by atoms with Crippen LogP contribution in [0.3, 0.4) is 0 Å². The molecule has 0 saturated heterocycles. The first kappa shape index (κ1) is 14.5. The molecule has 1 nitrogen and oxygen atoms in total. The third-order valence-electron chi connectivity index (χ3n) is 2.98. The zero-order chi connectivity index (χ0) is 14.0. The van der Waals surface area contributed by atoms with Crippen molar-refractivity contribution in [3.05, 3.63) is 63.1 Å². The van der Waals surface area contributed by atoms with Crippen LogP contribution in [0.4, 0.5) is 0 Å². The third-order valence-corrected chi connectivity index (χ3v) is 3.92. The molecule has 1 unspecified atom stereocenters. The Morgan fingerprint density at radius 1 is 0.947 bits per heavy atom. The van der Waals surface area contributed by atoms with Crippen molar-refractivity contribution in [1.29, 1.82) is 0 Å². The SMILES string of the molecule is COc1ccc(Cl)cc1C(Cl)c1cc(Cl)ccc1C. The van der Waals surface area contributed by atoms with Crippen LogP contribution in [0.2, 0.25) is 10.0 Å². The predicted octanol–water partition coefficient (Wildman–Crippen LogP) is 5.64. The zero-order valence-corrected chi connectivity index (χ0v) is 12.9. The molecule has 0 N–H and O–H groups in total. The summed E-state index contributed by atoms with van der Waals surface area (Å²) < 4.78 is 5.34. The van der Waals surface area contributed by atoms with Gasteiger partial charge in [-0.2, -0.15) is 0 Å². The Kier molecular flexibility index (Phi) is 4.62. The maximum Gasteiger partial charge on any atom is 0.123 e. The largest absolute Gasteiger partial charge is 0.496 e. The molecule has 2 aromatic rings. The van der Waals surface area contributed by atoms with Crippen LogP contribution < -0.4 is 4.74 Å². The number of ether oxygens (including phenoxy) is 1. The highest BCUT2D eigenvalue weighted by Gasteiger charge is 2.18. The molecule has 0 saturated carbocycles. The van der Waals surface area contributed by atoms with Gasteiger partial charge in [-0.15, -0.1) is 11.6 Å². The first-order valence-electron chi connectivity index (χ1n) is 5.76. The lowest BCUT2D eigenvalue weighted by Crippen LogP contribution is -1.99. The molecule has 2 rings (SSSR count). The van der Waals surface area contributed by atoms with Gasteiger partial charge in [-0.1, -0.05) is 29.3 Å². The standard InChI is InChI=1S/C15H13Cl3O/c1-9-3-4-10(16)7-12(9)15(18)13-8-11(17)5-6-14(13)19-2/h3-8,15H,1-2H3. The van der Waals surface area contributed by atoms with Crippen LogP contribution >= 0.6 is 34.8 Å². The number of hydrogen-bond donors (Lipinski definition) is 0. The molecule has 0 radical (unpaired) electrons. The highest BCUT2D eigenvalue weighted by atomic mass is 35.5. The fourth-order valence-corrected chi connectivity index (χ4v) is 2.72. The number of rotatable bonds is 3. The van der Waals surface area contributed by atoms with E-state index < -0.39 is 0 Å². The van der Waals surface area contributed by atoms with Crippen molar-refractivity contribution in [1.82, 2.24) is 0 Å². The number of hydrogen-bond acceptors (Lipinski definition) is 1. The Morgan fingerprint density at radius 2 is 1.53 bits per heavy atom. The van der Waals surface area contributed by atoms with Crippen molar-refractivity contribution in [2.24, 2.45) is 0 Å². The zero-order valence-electron chi connectivity index (χ0n) is 10.6. The minimum absolute atomic E-state index is 0.354. The van der Waals surface area contributed by atoms with E-state index in [1.807, 2.05) is 37.3 Å². The molecule has 0 aromatic heterocycles. The molecule has 19 heavy (non-hydrogen) atoms. The second-order valence-electron chi connectivity index (χ2n) is 4.25. The summed E-state index contributed by atoms with van der Waals surface area (Å²) in [5.41, 5.74) is 2.86. The van der Waals surface area contributed by atoms with E-state index >= 15 is 0 Å². The van der Waals surface area contributed by atoms with Gasteiger partial charge in [0.2, 0.25) is 0 Å². The van der Waals surface area contributed by atoms with Gasteiger partial charge in [0.15, 0.2) is 0 Å². The summed E-state index contributed by atoms with van der Waals surface area (Å²) >= 11 is 18.6. The summed E-state index contributed by atoms with van der Waals surface area (Å²) in [6.45, 7) is 2.00. The van der Waals surface area contributed by atoms with Gasteiger partial charge < -0.3 is 4.74 Å². The minimum Gasteiger partial charge on any atom is -0.496 e. The molecule has 0 heterocycles. The lowest BCUT2D eigenvalue weighted by Gasteiger charge is -2.17. The van der Waals surface area contributed by atoms with Gasteiger partial charge in [-0.05, 0) is 48.4 Å². The van der Waals surface area contributed by atoms with Crippen molar-refractivity contribution in [2.75, 3.05) is 7.11 Å². The molecule has 0 fully saturated rings. The third kappa shape index (κ3) is 3.17. The van der Waals surface area contributed by atoms with Gasteiger partial charge in [0.05, 0.1) is 12.5 Å². The van der Waals surface area contributed by atoms with Crippen molar-refractivity contribution >= 4 is 34.8 Å². The quantitative estimate of drug-likeness (QED) is 0.666. The Balaban J connectivity index is 2.51. The van der Waals surface area contributed by atoms with E-state index in [9.17, 15) is 0 Å². The molecule has 2 aromatic carbocycles. The highest BCUT2D eigenvalue weighted by Crippen LogP contribution is 2.38. The monoisotopic (exact) mass is 314 g/mol. The van der Waals surface area contributed by atoms with E-state index in [0.717, 1.165) is 16.7 Å². The van der Waals surface area contributed by atoms with Crippen LogP contribution in [0.1, 0.15) is 22.1 Å². The van der Waals surface area contributed by atoms with Crippen LogP contribution in [0.15, 0.2) is 36.4 Å². The summed E-state index contributed by atoms with van der Waals surface area (Å²) in [6, 6.07) is 11.1. The highest BCUT2D eigenvalue weighted by molar-refractivity contribution is 6.31. The lowest BCUT2D eigenvalue weighted by atomic mass is 9.99. The van der Waals surface area contributed by atoms with Crippen LogP contribution in [-0.2, 0) is 0 Å². The maximum atomic E-state index is 6.57. The van der Waals surface area contributed by atoms with E-state index in [2.05, 4.69) is 0 Å². The molecule has 1 atom stereocenters. The van der Waals surface area contributed by atoms with Crippen molar-refractivity contribution in [2.45, 2.75) is 12.3 Å². The Morgan fingerprint density at radius 3 is 2.16 bits per heavy atom. The molecule has 0 amide bonds. The normalized spacial score (nSPS) is 12.3. The lowest BCUT2D eigenvalue weighted by molar-refractivity contribution is 0.410.